The van der Waals surface area contributed by atoms with Crippen molar-refractivity contribution in [1.82, 2.24) is 9.55 Å². The van der Waals surface area contributed by atoms with Crippen molar-refractivity contribution < 1.29 is 4.39 Å². The molecule has 3 rings (SSSR count). The minimum Gasteiger partial charge on any atom is -0.326 e. The fourth-order valence-electron chi connectivity index (χ4n) is 2.47. The van der Waals surface area contributed by atoms with Crippen LogP contribution in [0.5, 0.6) is 0 Å². The lowest BCUT2D eigenvalue weighted by Crippen LogP contribution is -2.25. The number of benzene rings is 2. The van der Waals surface area contributed by atoms with E-state index in [2.05, 4.69) is 4.98 Å². The van der Waals surface area contributed by atoms with Crippen LogP contribution in [-0.4, -0.2) is 15.6 Å². The zero-order valence-corrected chi connectivity index (χ0v) is 12.0. The number of hydrogen-bond donors (Lipinski definition) is 1. The number of fused-ring (bicyclic) bond motifs is 1. The Kier molecular flexibility index (Phi) is 3.71. The maximum Gasteiger partial charge on any atom is 0.144 e. The molecule has 0 aliphatic heterocycles. The molecular weight excluding hydrogens is 265 g/mol. The van der Waals surface area contributed by atoms with E-state index < -0.39 is 0 Å². The molecule has 0 radical (unpaired) electrons. The van der Waals surface area contributed by atoms with Crippen LogP contribution >= 0.6 is 0 Å². The molecule has 0 amide bonds. The lowest BCUT2D eigenvalue weighted by molar-refractivity contribution is 0.549. The van der Waals surface area contributed by atoms with E-state index in [1.54, 1.807) is 12.1 Å². The van der Waals surface area contributed by atoms with Crippen molar-refractivity contribution in [2.75, 3.05) is 0 Å². The Balaban J connectivity index is 2.21. The largest absolute Gasteiger partial charge is 0.326 e. The van der Waals surface area contributed by atoms with Gasteiger partial charge in [0.2, 0.25) is 0 Å². The Morgan fingerprint density at radius 2 is 1.86 bits per heavy atom. The van der Waals surface area contributed by atoms with Crippen LogP contribution in [0.1, 0.15) is 13.3 Å². The summed E-state index contributed by atoms with van der Waals surface area (Å²) in [6.45, 7) is 2.67. The standard InChI is InChI=1S/C17H18FN3/c1-2-12(19)11-21-16-10-6-5-9-15(16)20-17(21)13-7-3-4-8-14(13)18/h3-10,12H,2,11,19H2,1H3. The molecular formula is C17H18FN3. The summed E-state index contributed by atoms with van der Waals surface area (Å²) < 4.78 is 16.1. The molecule has 0 aliphatic carbocycles. The van der Waals surface area contributed by atoms with Gasteiger partial charge in [0.05, 0.1) is 16.6 Å². The summed E-state index contributed by atoms with van der Waals surface area (Å²) in [7, 11) is 0. The van der Waals surface area contributed by atoms with Crippen LogP contribution in [0.15, 0.2) is 48.5 Å². The van der Waals surface area contributed by atoms with E-state index >= 15 is 0 Å². The predicted molar refractivity (Wildman–Crippen MR) is 83.4 cm³/mol. The molecule has 3 nitrogen and oxygen atoms in total. The summed E-state index contributed by atoms with van der Waals surface area (Å²) in [5, 5.41) is 0. The lowest BCUT2D eigenvalue weighted by Gasteiger charge is -2.14. The molecule has 0 spiro atoms. The van der Waals surface area contributed by atoms with Gasteiger partial charge in [0, 0.05) is 12.6 Å². The summed E-state index contributed by atoms with van der Waals surface area (Å²) in [5.74, 6) is 0.373. The lowest BCUT2D eigenvalue weighted by atomic mass is 10.2. The van der Waals surface area contributed by atoms with Gasteiger partial charge in [-0.1, -0.05) is 31.2 Å². The average molecular weight is 283 g/mol. The molecule has 1 heterocycles. The van der Waals surface area contributed by atoms with E-state index in [-0.39, 0.29) is 11.9 Å². The zero-order chi connectivity index (χ0) is 14.8. The van der Waals surface area contributed by atoms with Crippen LogP contribution in [0.25, 0.3) is 22.4 Å². The molecule has 0 saturated heterocycles. The topological polar surface area (TPSA) is 43.8 Å². The van der Waals surface area contributed by atoms with Crippen LogP contribution in [-0.2, 0) is 6.54 Å². The highest BCUT2D eigenvalue weighted by atomic mass is 19.1. The van der Waals surface area contributed by atoms with Gasteiger partial charge in [-0.15, -0.1) is 0 Å². The number of imidazole rings is 1. The number of hydrogen-bond acceptors (Lipinski definition) is 2. The zero-order valence-electron chi connectivity index (χ0n) is 12.0. The Labute approximate surface area is 123 Å². The van der Waals surface area contributed by atoms with Crippen molar-refractivity contribution >= 4 is 11.0 Å². The molecule has 1 atom stereocenters. The van der Waals surface area contributed by atoms with Crippen molar-refractivity contribution in [3.63, 3.8) is 0 Å². The fraction of sp³-hybridized carbons (Fsp3) is 0.235. The molecule has 1 unspecified atom stereocenters. The normalized spacial score (nSPS) is 12.7. The summed E-state index contributed by atoms with van der Waals surface area (Å²) in [6, 6.07) is 14.6. The number of para-hydroxylation sites is 2. The molecule has 2 aromatic carbocycles. The van der Waals surface area contributed by atoms with E-state index in [0.717, 1.165) is 17.5 Å². The predicted octanol–water partition coefficient (Wildman–Crippen LogP) is 3.58. The summed E-state index contributed by atoms with van der Waals surface area (Å²) >= 11 is 0. The highest BCUT2D eigenvalue weighted by molar-refractivity contribution is 5.80. The van der Waals surface area contributed by atoms with Gasteiger partial charge in [-0.3, -0.25) is 0 Å². The average Bonchev–Trinajstić information content (AvgIpc) is 2.86. The van der Waals surface area contributed by atoms with Gasteiger partial charge < -0.3 is 10.3 Å². The van der Waals surface area contributed by atoms with Crippen LogP contribution in [0.2, 0.25) is 0 Å². The van der Waals surface area contributed by atoms with Crippen LogP contribution in [0.3, 0.4) is 0 Å². The van der Waals surface area contributed by atoms with Gasteiger partial charge in [-0.2, -0.15) is 0 Å². The molecule has 1 aromatic heterocycles. The monoisotopic (exact) mass is 283 g/mol. The molecule has 4 heteroatoms. The van der Waals surface area contributed by atoms with Crippen LogP contribution in [0, 0.1) is 5.82 Å². The van der Waals surface area contributed by atoms with Gasteiger partial charge >= 0.3 is 0 Å². The van der Waals surface area contributed by atoms with Gasteiger partial charge in [-0.25, -0.2) is 9.37 Å². The summed E-state index contributed by atoms with van der Waals surface area (Å²) in [4.78, 5) is 4.60. The number of nitrogens with zero attached hydrogens (tertiary/aromatic N) is 2. The number of nitrogens with two attached hydrogens (primary N) is 1. The maximum atomic E-state index is 14.1. The Bertz CT molecular complexity index is 764. The minimum atomic E-state index is -0.265. The third-order valence-electron chi connectivity index (χ3n) is 3.71. The Hall–Kier alpha value is -2.20. The molecule has 0 fully saturated rings. The molecule has 0 saturated carbocycles. The second kappa shape index (κ2) is 5.66. The minimum absolute atomic E-state index is 0.0214. The second-order valence-electron chi connectivity index (χ2n) is 5.18. The molecule has 0 bridgehead atoms. The van der Waals surface area contributed by atoms with Gasteiger partial charge in [-0.05, 0) is 30.7 Å². The molecule has 108 valence electrons. The number of aromatic nitrogens is 2. The SMILES string of the molecule is CCC(N)Cn1c(-c2ccccc2F)nc2ccccc21. The maximum absolute atomic E-state index is 14.1. The van der Waals surface area contributed by atoms with E-state index in [4.69, 9.17) is 5.73 Å². The Morgan fingerprint density at radius 3 is 2.62 bits per heavy atom. The highest BCUT2D eigenvalue weighted by Gasteiger charge is 2.16. The molecule has 2 N–H and O–H groups in total. The molecule has 21 heavy (non-hydrogen) atoms. The van der Waals surface area contributed by atoms with Gasteiger partial charge in [0.25, 0.3) is 0 Å². The second-order valence-corrected chi connectivity index (χ2v) is 5.18. The third kappa shape index (κ3) is 2.54. The van der Waals surface area contributed by atoms with E-state index in [1.165, 1.54) is 6.07 Å². The Morgan fingerprint density at radius 1 is 1.14 bits per heavy atom. The van der Waals surface area contributed by atoms with Crippen molar-refractivity contribution in [2.45, 2.75) is 25.9 Å². The van der Waals surface area contributed by atoms with E-state index in [0.29, 0.717) is 17.9 Å². The quantitative estimate of drug-likeness (QED) is 0.795. The van der Waals surface area contributed by atoms with Crippen molar-refractivity contribution in [2.24, 2.45) is 5.73 Å². The number of halogens is 1. The van der Waals surface area contributed by atoms with Crippen LogP contribution in [0.4, 0.5) is 4.39 Å². The van der Waals surface area contributed by atoms with E-state index in [9.17, 15) is 4.39 Å². The summed E-state index contributed by atoms with van der Waals surface area (Å²) in [6.07, 6.45) is 0.864. The van der Waals surface area contributed by atoms with E-state index in [1.807, 2.05) is 41.8 Å². The van der Waals surface area contributed by atoms with Crippen molar-refractivity contribution in [1.29, 1.82) is 0 Å². The molecule has 3 aromatic rings. The number of rotatable bonds is 4. The molecule has 0 aliphatic rings. The van der Waals surface area contributed by atoms with Crippen molar-refractivity contribution in [3.8, 4) is 11.4 Å². The first-order chi connectivity index (χ1) is 10.2. The first-order valence-electron chi connectivity index (χ1n) is 7.16. The van der Waals surface area contributed by atoms with Crippen molar-refractivity contribution in [3.05, 3.63) is 54.3 Å². The first-order valence-corrected chi connectivity index (χ1v) is 7.16. The van der Waals surface area contributed by atoms with Crippen LogP contribution < -0.4 is 5.73 Å². The summed E-state index contributed by atoms with van der Waals surface area (Å²) in [5.41, 5.74) is 8.46. The smallest absolute Gasteiger partial charge is 0.144 e. The van der Waals surface area contributed by atoms with Gasteiger partial charge in [0.15, 0.2) is 0 Å². The third-order valence-corrected chi connectivity index (χ3v) is 3.71. The highest BCUT2D eigenvalue weighted by Crippen LogP contribution is 2.27. The fourth-order valence-corrected chi connectivity index (χ4v) is 2.47. The van der Waals surface area contributed by atoms with Gasteiger partial charge in [0.1, 0.15) is 11.6 Å². The first kappa shape index (κ1) is 13.8.